The van der Waals surface area contributed by atoms with Crippen LogP contribution in [0.15, 0.2) is 30.3 Å². The quantitative estimate of drug-likeness (QED) is 0.531. The molecule has 0 spiro atoms. The second kappa shape index (κ2) is 11.3. The van der Waals surface area contributed by atoms with E-state index in [1.165, 1.54) is 0 Å². The number of nitrogens with one attached hydrogen (secondary N) is 1. The van der Waals surface area contributed by atoms with E-state index in [1.807, 2.05) is 47.9 Å². The van der Waals surface area contributed by atoms with Gasteiger partial charge in [0, 0.05) is 50.7 Å². The number of rotatable bonds is 5. The number of piperazine rings is 1. The molecule has 2 fully saturated rings. The number of fused-ring (bicyclic) bond motifs is 1. The number of nitrogens with zero attached hydrogens (tertiary/aromatic N) is 6. The summed E-state index contributed by atoms with van der Waals surface area (Å²) >= 11 is 0. The molecular weight excluding hydrogens is 494 g/mol. The molecule has 1 atom stereocenters. The number of methoxy groups -OCH3 is 1. The van der Waals surface area contributed by atoms with Gasteiger partial charge in [0.1, 0.15) is 17.4 Å². The molecule has 0 unspecified atom stereocenters. The largest absolute Gasteiger partial charge is 0.495 e. The van der Waals surface area contributed by atoms with Crippen LogP contribution in [0, 0.1) is 25.2 Å². The molecule has 10 heteroatoms. The highest BCUT2D eigenvalue weighted by Gasteiger charge is 2.28. The normalized spacial score (nSPS) is 16.6. The molecule has 1 aromatic heterocycles. The van der Waals surface area contributed by atoms with E-state index < -0.39 is 0 Å². The lowest BCUT2D eigenvalue weighted by Gasteiger charge is -2.39. The molecule has 5 rings (SSSR count). The second-order valence-corrected chi connectivity index (χ2v) is 10.0. The van der Waals surface area contributed by atoms with E-state index in [2.05, 4.69) is 34.3 Å². The van der Waals surface area contributed by atoms with Gasteiger partial charge in [-0.25, -0.2) is 14.8 Å². The van der Waals surface area contributed by atoms with Crippen LogP contribution in [0.5, 0.6) is 5.75 Å². The number of carbonyl (C=O) groups excluding carboxylic acids is 1. The van der Waals surface area contributed by atoms with Crippen LogP contribution in [-0.2, 0) is 4.74 Å². The van der Waals surface area contributed by atoms with Crippen molar-refractivity contribution < 1.29 is 14.3 Å². The maximum Gasteiger partial charge on any atom is 0.320 e. The van der Waals surface area contributed by atoms with Crippen LogP contribution < -0.4 is 15.0 Å². The molecule has 3 aromatic rings. The van der Waals surface area contributed by atoms with Crippen LogP contribution in [0.4, 0.5) is 16.3 Å². The molecule has 0 saturated carbocycles. The molecule has 39 heavy (non-hydrogen) atoms. The monoisotopic (exact) mass is 529 g/mol. The molecule has 1 N–H and O–H groups in total. The maximum absolute atomic E-state index is 13.0. The number of hydrogen-bond acceptors (Lipinski definition) is 8. The summed E-state index contributed by atoms with van der Waals surface area (Å²) in [5.41, 5.74) is 4.43. The minimum Gasteiger partial charge on any atom is -0.495 e. The molecule has 204 valence electrons. The molecule has 2 aliphatic heterocycles. The number of anilines is 2. The van der Waals surface area contributed by atoms with Crippen molar-refractivity contribution >= 4 is 28.4 Å². The van der Waals surface area contributed by atoms with Crippen molar-refractivity contribution in [1.82, 2.24) is 19.8 Å². The lowest BCUT2D eigenvalue weighted by Crippen LogP contribution is -2.54. The van der Waals surface area contributed by atoms with Crippen LogP contribution in [0.25, 0.3) is 10.9 Å². The van der Waals surface area contributed by atoms with Gasteiger partial charge >= 0.3 is 6.03 Å². The first-order valence-electron chi connectivity index (χ1n) is 13.4. The SMILES string of the molecule is COc1cc2nc(C)nc(N[C@H](C)c3cccc(C#N)c3C)c2cc1N1CCN(C(=O)N2CCOCC2)CC1. The van der Waals surface area contributed by atoms with Gasteiger partial charge in [-0.3, -0.25) is 0 Å². The number of aromatic nitrogens is 2. The zero-order valence-corrected chi connectivity index (χ0v) is 23.0. The summed E-state index contributed by atoms with van der Waals surface area (Å²) in [6, 6.07) is 12.1. The molecule has 3 heterocycles. The minimum atomic E-state index is -0.0731. The van der Waals surface area contributed by atoms with E-state index in [0.717, 1.165) is 39.3 Å². The molecule has 2 aliphatic rings. The summed E-state index contributed by atoms with van der Waals surface area (Å²) in [5.74, 6) is 2.13. The van der Waals surface area contributed by atoms with Crippen molar-refractivity contribution in [2.45, 2.75) is 26.8 Å². The van der Waals surface area contributed by atoms with Crippen molar-refractivity contribution in [2.75, 3.05) is 69.8 Å². The fourth-order valence-electron chi connectivity index (χ4n) is 5.40. The van der Waals surface area contributed by atoms with Crippen LogP contribution in [-0.4, -0.2) is 85.4 Å². The summed E-state index contributed by atoms with van der Waals surface area (Å²) in [5, 5.41) is 13.9. The Balaban J connectivity index is 1.41. The molecule has 0 radical (unpaired) electrons. The topological polar surface area (TPSA) is 107 Å². The number of amides is 2. The summed E-state index contributed by atoms with van der Waals surface area (Å²) in [7, 11) is 1.67. The van der Waals surface area contributed by atoms with Gasteiger partial charge in [-0.05, 0) is 44.0 Å². The molecule has 0 aliphatic carbocycles. The molecule has 2 aromatic carbocycles. The van der Waals surface area contributed by atoms with E-state index in [0.29, 0.717) is 63.9 Å². The number of benzene rings is 2. The average Bonchev–Trinajstić information content (AvgIpc) is 2.96. The van der Waals surface area contributed by atoms with E-state index in [-0.39, 0.29) is 12.1 Å². The molecule has 2 amide bonds. The Labute approximate surface area is 229 Å². The molecule has 2 saturated heterocycles. The number of aryl methyl sites for hydroxylation is 1. The smallest absolute Gasteiger partial charge is 0.320 e. The van der Waals surface area contributed by atoms with Gasteiger partial charge in [0.05, 0.1) is 49.2 Å². The number of hydrogen-bond donors (Lipinski definition) is 1. The van der Waals surface area contributed by atoms with E-state index in [4.69, 9.17) is 14.5 Å². The van der Waals surface area contributed by atoms with E-state index in [1.54, 1.807) is 7.11 Å². The van der Waals surface area contributed by atoms with Crippen LogP contribution in [0.2, 0.25) is 0 Å². The predicted molar refractivity (Wildman–Crippen MR) is 150 cm³/mol. The Hall–Kier alpha value is -4.10. The number of ether oxygens (including phenoxy) is 2. The van der Waals surface area contributed by atoms with Crippen molar-refractivity contribution in [2.24, 2.45) is 0 Å². The predicted octanol–water partition coefficient (Wildman–Crippen LogP) is 3.87. The van der Waals surface area contributed by atoms with E-state index >= 15 is 0 Å². The highest BCUT2D eigenvalue weighted by atomic mass is 16.5. The number of urea groups is 1. The first kappa shape index (κ1) is 26.5. The van der Waals surface area contributed by atoms with Gasteiger partial charge in [-0.1, -0.05) is 12.1 Å². The highest BCUT2D eigenvalue weighted by Crippen LogP contribution is 2.36. The van der Waals surface area contributed by atoms with Crippen LogP contribution in [0.3, 0.4) is 0 Å². The second-order valence-electron chi connectivity index (χ2n) is 10.0. The third-order valence-electron chi connectivity index (χ3n) is 7.60. The maximum atomic E-state index is 13.0. The molecule has 0 bridgehead atoms. The van der Waals surface area contributed by atoms with Crippen LogP contribution >= 0.6 is 0 Å². The fraction of sp³-hybridized carbons (Fsp3) is 0.448. The van der Waals surface area contributed by atoms with Crippen molar-refractivity contribution in [3.05, 3.63) is 52.8 Å². The van der Waals surface area contributed by atoms with Gasteiger partial charge in [0.25, 0.3) is 0 Å². The number of nitriles is 1. The summed E-state index contributed by atoms with van der Waals surface area (Å²) in [4.78, 5) is 28.5. The van der Waals surface area contributed by atoms with Crippen molar-refractivity contribution in [1.29, 1.82) is 5.26 Å². The third kappa shape index (κ3) is 5.40. The minimum absolute atomic E-state index is 0.0731. The lowest BCUT2D eigenvalue weighted by atomic mass is 9.98. The summed E-state index contributed by atoms with van der Waals surface area (Å²) < 4.78 is 11.2. The Kier molecular flexibility index (Phi) is 7.70. The first-order valence-corrected chi connectivity index (χ1v) is 13.4. The summed E-state index contributed by atoms with van der Waals surface area (Å²) in [6.45, 7) is 11.1. The standard InChI is InChI=1S/C29H35N7O3/c1-19-22(18-30)6-5-7-23(19)20(2)31-28-24-16-26(27(38-4)17-25(24)32-21(3)33-28)34-8-10-35(11-9-34)29(37)36-12-14-39-15-13-36/h5-7,16-17,20H,8-15H2,1-4H3,(H,31,32,33)/t20-/m1/s1. The van der Waals surface area contributed by atoms with Crippen molar-refractivity contribution in [3.8, 4) is 11.8 Å². The number of morpholine rings is 1. The number of carbonyl (C=O) groups is 1. The zero-order valence-electron chi connectivity index (χ0n) is 23.0. The van der Waals surface area contributed by atoms with Crippen LogP contribution in [0.1, 0.15) is 35.5 Å². The molecule has 10 nitrogen and oxygen atoms in total. The Bertz CT molecular complexity index is 1410. The van der Waals surface area contributed by atoms with Gasteiger partial charge in [-0.15, -0.1) is 0 Å². The van der Waals surface area contributed by atoms with Gasteiger partial charge in [0.15, 0.2) is 0 Å². The van der Waals surface area contributed by atoms with Gasteiger partial charge in [-0.2, -0.15) is 5.26 Å². The summed E-state index contributed by atoms with van der Waals surface area (Å²) in [6.07, 6.45) is 0. The van der Waals surface area contributed by atoms with Gasteiger partial charge in [0.2, 0.25) is 0 Å². The lowest BCUT2D eigenvalue weighted by molar-refractivity contribution is 0.0428. The fourth-order valence-corrected chi connectivity index (χ4v) is 5.40. The first-order chi connectivity index (χ1) is 18.9. The highest BCUT2D eigenvalue weighted by molar-refractivity contribution is 5.94. The Morgan fingerprint density at radius 2 is 1.79 bits per heavy atom. The third-order valence-corrected chi connectivity index (χ3v) is 7.60. The van der Waals surface area contributed by atoms with Crippen molar-refractivity contribution in [3.63, 3.8) is 0 Å². The Morgan fingerprint density at radius 1 is 1.08 bits per heavy atom. The van der Waals surface area contributed by atoms with E-state index in [9.17, 15) is 10.1 Å². The zero-order chi connectivity index (χ0) is 27.5. The average molecular weight is 530 g/mol. The molecular formula is C29H35N7O3. The Morgan fingerprint density at radius 3 is 2.49 bits per heavy atom. The van der Waals surface area contributed by atoms with Gasteiger partial charge < -0.3 is 29.5 Å².